The zero-order valence-corrected chi connectivity index (χ0v) is 13.4. The Morgan fingerprint density at radius 1 is 1.33 bits per heavy atom. The first kappa shape index (κ1) is 20.3. The minimum Gasteiger partial charge on any atom is -0.350 e. The van der Waals surface area contributed by atoms with Gasteiger partial charge in [0, 0.05) is 31.7 Å². The van der Waals surface area contributed by atoms with E-state index in [1.54, 1.807) is 0 Å². The van der Waals surface area contributed by atoms with Crippen molar-refractivity contribution in [1.29, 1.82) is 0 Å². The second-order valence-electron chi connectivity index (χ2n) is 5.19. The second-order valence-corrected chi connectivity index (χ2v) is 5.19. The van der Waals surface area contributed by atoms with Crippen LogP contribution in [0.4, 0.5) is 0 Å². The molecule has 1 heterocycles. The summed E-state index contributed by atoms with van der Waals surface area (Å²) in [4.78, 5) is 14.3. The highest BCUT2D eigenvalue weighted by atomic mass is 35.5. The fourth-order valence-corrected chi connectivity index (χ4v) is 1.76. The molecule has 1 aliphatic heterocycles. The maximum atomic E-state index is 12.0. The minimum absolute atomic E-state index is 0. The van der Waals surface area contributed by atoms with Gasteiger partial charge in [-0.25, -0.2) is 0 Å². The van der Waals surface area contributed by atoms with Crippen molar-refractivity contribution in [2.45, 2.75) is 45.7 Å². The van der Waals surface area contributed by atoms with Crippen LogP contribution in [0.1, 0.15) is 34.1 Å². The molecule has 6 heteroatoms. The Labute approximate surface area is 123 Å². The third kappa shape index (κ3) is 6.23. The second kappa shape index (κ2) is 8.97. The lowest BCUT2D eigenvalue weighted by molar-refractivity contribution is -0.127. The minimum atomic E-state index is -0.0978. The zero-order chi connectivity index (χ0) is 12.2. The Morgan fingerprint density at radius 2 is 1.83 bits per heavy atom. The van der Waals surface area contributed by atoms with Crippen molar-refractivity contribution in [3.63, 3.8) is 0 Å². The molecular weight excluding hydrogens is 273 g/mol. The summed E-state index contributed by atoms with van der Waals surface area (Å²) in [6, 6.07) is -0.0204. The first-order valence-electron chi connectivity index (χ1n) is 6.23. The van der Waals surface area contributed by atoms with Gasteiger partial charge in [-0.15, -0.1) is 24.8 Å². The van der Waals surface area contributed by atoms with E-state index in [1.807, 2.05) is 6.92 Å². The summed E-state index contributed by atoms with van der Waals surface area (Å²) in [5.41, 5.74) is -0.0978. The van der Waals surface area contributed by atoms with Crippen LogP contribution in [0.25, 0.3) is 0 Å². The highest BCUT2D eigenvalue weighted by Crippen LogP contribution is 2.09. The van der Waals surface area contributed by atoms with Crippen LogP contribution in [0.3, 0.4) is 0 Å². The standard InChI is InChI=1S/C12H25N3O.2ClH/c1-5-12(3,4)14-11(16)10(2)15-8-6-13-7-9-15;;/h10,13H,5-9H2,1-4H3,(H,14,16);2*1H. The van der Waals surface area contributed by atoms with E-state index < -0.39 is 0 Å². The average molecular weight is 300 g/mol. The van der Waals surface area contributed by atoms with Gasteiger partial charge < -0.3 is 10.6 Å². The maximum Gasteiger partial charge on any atom is 0.237 e. The monoisotopic (exact) mass is 299 g/mol. The lowest BCUT2D eigenvalue weighted by Crippen LogP contribution is -2.55. The van der Waals surface area contributed by atoms with Crippen molar-refractivity contribution in [1.82, 2.24) is 15.5 Å². The molecule has 0 aromatic rings. The van der Waals surface area contributed by atoms with Gasteiger partial charge >= 0.3 is 0 Å². The number of hydrogen-bond donors (Lipinski definition) is 2. The van der Waals surface area contributed by atoms with Crippen molar-refractivity contribution >= 4 is 30.7 Å². The highest BCUT2D eigenvalue weighted by molar-refractivity contribution is 5.85. The van der Waals surface area contributed by atoms with Crippen LogP contribution in [-0.4, -0.2) is 48.6 Å². The lowest BCUT2D eigenvalue weighted by atomic mass is 10.0. The van der Waals surface area contributed by atoms with E-state index in [2.05, 4.69) is 36.3 Å². The molecule has 4 nitrogen and oxygen atoms in total. The third-order valence-corrected chi connectivity index (χ3v) is 3.42. The molecule has 1 aliphatic rings. The topological polar surface area (TPSA) is 44.4 Å². The summed E-state index contributed by atoms with van der Waals surface area (Å²) >= 11 is 0. The van der Waals surface area contributed by atoms with Gasteiger partial charge in [0.1, 0.15) is 0 Å². The maximum absolute atomic E-state index is 12.0. The molecule has 1 rings (SSSR count). The summed E-state index contributed by atoms with van der Waals surface area (Å²) < 4.78 is 0. The van der Waals surface area contributed by atoms with E-state index in [4.69, 9.17) is 0 Å². The van der Waals surface area contributed by atoms with E-state index in [-0.39, 0.29) is 42.3 Å². The number of carbonyl (C=O) groups is 1. The van der Waals surface area contributed by atoms with Crippen LogP contribution in [0.5, 0.6) is 0 Å². The zero-order valence-electron chi connectivity index (χ0n) is 11.8. The van der Waals surface area contributed by atoms with Crippen LogP contribution in [0.15, 0.2) is 0 Å². The quantitative estimate of drug-likeness (QED) is 0.825. The Bertz CT molecular complexity index is 243. The van der Waals surface area contributed by atoms with Gasteiger partial charge in [-0.1, -0.05) is 6.92 Å². The number of rotatable bonds is 4. The van der Waals surface area contributed by atoms with Crippen LogP contribution in [0, 0.1) is 0 Å². The Hall–Kier alpha value is -0.0300. The van der Waals surface area contributed by atoms with Gasteiger partial charge in [-0.3, -0.25) is 9.69 Å². The Morgan fingerprint density at radius 3 is 2.28 bits per heavy atom. The molecule has 18 heavy (non-hydrogen) atoms. The molecule has 0 bridgehead atoms. The van der Waals surface area contributed by atoms with E-state index in [0.717, 1.165) is 32.6 Å². The predicted molar refractivity (Wildman–Crippen MR) is 80.9 cm³/mol. The molecule has 110 valence electrons. The van der Waals surface area contributed by atoms with E-state index in [0.29, 0.717) is 0 Å². The molecular formula is C12H27Cl2N3O. The Kier molecular flexibility index (Phi) is 10.1. The number of amides is 1. The van der Waals surface area contributed by atoms with Crippen LogP contribution < -0.4 is 10.6 Å². The fourth-order valence-electron chi connectivity index (χ4n) is 1.76. The van der Waals surface area contributed by atoms with Crippen LogP contribution in [-0.2, 0) is 4.79 Å². The van der Waals surface area contributed by atoms with Gasteiger partial charge in [0.15, 0.2) is 0 Å². The van der Waals surface area contributed by atoms with Crippen molar-refractivity contribution in [2.75, 3.05) is 26.2 Å². The predicted octanol–water partition coefficient (Wildman–Crippen LogP) is 1.43. The van der Waals surface area contributed by atoms with Gasteiger partial charge in [-0.05, 0) is 27.2 Å². The Balaban J connectivity index is 0. The number of hydrogen-bond acceptors (Lipinski definition) is 3. The van der Waals surface area contributed by atoms with Gasteiger partial charge in [0.25, 0.3) is 0 Å². The summed E-state index contributed by atoms with van der Waals surface area (Å²) in [6.45, 7) is 12.1. The molecule has 0 aromatic heterocycles. The SMILES string of the molecule is CCC(C)(C)NC(=O)C(C)N1CCNCC1.Cl.Cl. The summed E-state index contributed by atoms with van der Waals surface area (Å²) in [5.74, 6) is 0.147. The number of nitrogens with one attached hydrogen (secondary N) is 2. The first-order valence-corrected chi connectivity index (χ1v) is 6.23. The van der Waals surface area contributed by atoms with Crippen molar-refractivity contribution < 1.29 is 4.79 Å². The van der Waals surface area contributed by atoms with Gasteiger partial charge in [0.05, 0.1) is 6.04 Å². The van der Waals surface area contributed by atoms with Crippen LogP contribution in [0.2, 0.25) is 0 Å². The van der Waals surface area contributed by atoms with Gasteiger partial charge in [-0.2, -0.15) is 0 Å². The average Bonchev–Trinajstić information content (AvgIpc) is 2.28. The largest absolute Gasteiger partial charge is 0.350 e. The number of halogens is 2. The molecule has 1 atom stereocenters. The molecule has 2 N–H and O–H groups in total. The number of nitrogens with zero attached hydrogens (tertiary/aromatic N) is 1. The highest BCUT2D eigenvalue weighted by Gasteiger charge is 2.26. The molecule has 0 aliphatic carbocycles. The van der Waals surface area contributed by atoms with Gasteiger partial charge in [0.2, 0.25) is 5.91 Å². The molecule has 0 aromatic carbocycles. The van der Waals surface area contributed by atoms with Crippen LogP contribution >= 0.6 is 24.8 Å². The number of piperazine rings is 1. The van der Waals surface area contributed by atoms with Crippen molar-refractivity contribution in [3.05, 3.63) is 0 Å². The first-order chi connectivity index (χ1) is 7.46. The molecule has 1 fully saturated rings. The molecule has 0 saturated carbocycles. The molecule has 0 radical (unpaired) electrons. The van der Waals surface area contributed by atoms with E-state index in [1.165, 1.54) is 0 Å². The molecule has 1 saturated heterocycles. The van der Waals surface area contributed by atoms with E-state index >= 15 is 0 Å². The normalized spacial score (nSPS) is 18.2. The smallest absolute Gasteiger partial charge is 0.237 e. The lowest BCUT2D eigenvalue weighted by Gasteiger charge is -2.34. The third-order valence-electron chi connectivity index (χ3n) is 3.42. The van der Waals surface area contributed by atoms with E-state index in [9.17, 15) is 4.79 Å². The van der Waals surface area contributed by atoms with Crippen molar-refractivity contribution in [2.24, 2.45) is 0 Å². The molecule has 1 amide bonds. The summed E-state index contributed by atoms with van der Waals surface area (Å²) in [7, 11) is 0. The molecule has 0 spiro atoms. The summed E-state index contributed by atoms with van der Waals surface area (Å²) in [6.07, 6.45) is 0.951. The number of carbonyl (C=O) groups excluding carboxylic acids is 1. The fraction of sp³-hybridized carbons (Fsp3) is 0.917. The van der Waals surface area contributed by atoms with Crippen molar-refractivity contribution in [3.8, 4) is 0 Å². The molecule has 1 unspecified atom stereocenters. The summed E-state index contributed by atoms with van der Waals surface area (Å²) in [5, 5.41) is 6.40.